The number of benzene rings is 1. The van der Waals surface area contributed by atoms with E-state index in [1.165, 1.54) is 0 Å². The third-order valence-corrected chi connectivity index (χ3v) is 5.04. The second-order valence-corrected chi connectivity index (χ2v) is 7.13. The number of H-pyrrole nitrogens is 1. The first-order chi connectivity index (χ1) is 14.2. The molecule has 1 aromatic carbocycles. The number of para-hydroxylation sites is 1. The Kier molecular flexibility index (Phi) is 5.81. The molecular formula is C21H23N5O3. The molecule has 1 fully saturated rings. The largest absolute Gasteiger partial charge is 0.482 e. The van der Waals surface area contributed by atoms with E-state index < -0.39 is 5.97 Å². The van der Waals surface area contributed by atoms with Gasteiger partial charge in [-0.1, -0.05) is 18.2 Å². The summed E-state index contributed by atoms with van der Waals surface area (Å²) in [4.78, 5) is 29.7. The Bertz CT molecular complexity index is 960. The van der Waals surface area contributed by atoms with E-state index in [1.54, 1.807) is 18.6 Å². The van der Waals surface area contributed by atoms with Crippen molar-refractivity contribution in [2.45, 2.75) is 25.3 Å². The number of aromatic nitrogens is 4. The van der Waals surface area contributed by atoms with Gasteiger partial charge in [0.25, 0.3) is 0 Å². The van der Waals surface area contributed by atoms with Crippen LogP contribution in [0.25, 0.3) is 11.5 Å². The van der Waals surface area contributed by atoms with E-state index in [9.17, 15) is 4.79 Å². The standard InChI is InChI=1S/C21H23N5O3/c27-20(28)14-29-19-6-2-1-4-16(19)13-26-9-3-5-15(12-26)17-10-22-11-18(25-17)21-23-7-8-24-21/h1-2,4,6-8,10-11,15H,3,5,9,12-14H2,(H,23,24)(H,27,28)/t15-/m1/s1. The molecule has 1 saturated heterocycles. The molecule has 29 heavy (non-hydrogen) atoms. The number of piperidine rings is 1. The van der Waals surface area contributed by atoms with E-state index in [0.717, 1.165) is 48.7 Å². The molecule has 8 nitrogen and oxygen atoms in total. The van der Waals surface area contributed by atoms with Gasteiger partial charge in [-0.05, 0) is 25.5 Å². The van der Waals surface area contributed by atoms with Crippen LogP contribution < -0.4 is 4.74 Å². The summed E-state index contributed by atoms with van der Waals surface area (Å²) < 4.78 is 5.45. The predicted molar refractivity (Wildman–Crippen MR) is 106 cm³/mol. The lowest BCUT2D eigenvalue weighted by atomic mass is 9.94. The van der Waals surface area contributed by atoms with Crippen molar-refractivity contribution < 1.29 is 14.6 Å². The minimum Gasteiger partial charge on any atom is -0.482 e. The molecule has 2 N–H and O–H groups in total. The van der Waals surface area contributed by atoms with Gasteiger partial charge in [-0.3, -0.25) is 9.88 Å². The fourth-order valence-electron chi connectivity index (χ4n) is 3.69. The summed E-state index contributed by atoms with van der Waals surface area (Å²) in [5, 5.41) is 8.88. The Labute approximate surface area is 168 Å². The van der Waals surface area contributed by atoms with Gasteiger partial charge in [0.2, 0.25) is 0 Å². The van der Waals surface area contributed by atoms with E-state index in [4.69, 9.17) is 14.8 Å². The summed E-state index contributed by atoms with van der Waals surface area (Å²) in [6.45, 7) is 2.21. The summed E-state index contributed by atoms with van der Waals surface area (Å²) in [7, 11) is 0. The number of likely N-dealkylation sites (tertiary alicyclic amines) is 1. The Morgan fingerprint density at radius 2 is 2.21 bits per heavy atom. The molecule has 0 spiro atoms. The first kappa shape index (κ1) is 19.1. The number of rotatable bonds is 7. The van der Waals surface area contributed by atoms with Gasteiger partial charge in [0.1, 0.15) is 11.4 Å². The number of aliphatic carboxylic acids is 1. The SMILES string of the molecule is O=C(O)COc1ccccc1CN1CCC[C@@H](c2cncc(-c3ncc[nH]3)n2)C1. The van der Waals surface area contributed by atoms with Gasteiger partial charge in [-0.25, -0.2) is 14.8 Å². The third-order valence-electron chi connectivity index (χ3n) is 5.04. The number of carboxylic acid groups (broad SMARTS) is 1. The molecule has 4 rings (SSSR count). The Hall–Kier alpha value is -3.26. The summed E-state index contributed by atoms with van der Waals surface area (Å²) in [6.07, 6.45) is 9.16. The maximum absolute atomic E-state index is 10.8. The minimum atomic E-state index is -0.979. The van der Waals surface area contributed by atoms with Crippen LogP contribution >= 0.6 is 0 Å². The summed E-state index contributed by atoms with van der Waals surface area (Å²) in [6, 6.07) is 7.61. The first-order valence-corrected chi connectivity index (χ1v) is 9.65. The van der Waals surface area contributed by atoms with Crippen molar-refractivity contribution in [3.8, 4) is 17.3 Å². The number of ether oxygens (including phenoxy) is 1. The van der Waals surface area contributed by atoms with Crippen molar-refractivity contribution in [2.75, 3.05) is 19.7 Å². The van der Waals surface area contributed by atoms with Crippen LogP contribution in [0.1, 0.15) is 30.0 Å². The fraction of sp³-hybridized carbons (Fsp3) is 0.333. The van der Waals surface area contributed by atoms with Crippen LogP contribution in [0.5, 0.6) is 5.75 Å². The number of nitrogens with one attached hydrogen (secondary N) is 1. The van der Waals surface area contributed by atoms with Crippen LogP contribution in [0.3, 0.4) is 0 Å². The molecule has 2 aromatic heterocycles. The lowest BCUT2D eigenvalue weighted by Crippen LogP contribution is -2.34. The van der Waals surface area contributed by atoms with Gasteiger partial charge < -0.3 is 14.8 Å². The zero-order valence-corrected chi connectivity index (χ0v) is 16.0. The van der Waals surface area contributed by atoms with E-state index in [2.05, 4.69) is 19.9 Å². The first-order valence-electron chi connectivity index (χ1n) is 9.65. The molecule has 1 aliphatic heterocycles. The van der Waals surface area contributed by atoms with Crippen LogP contribution in [0, 0.1) is 0 Å². The van der Waals surface area contributed by atoms with Gasteiger partial charge >= 0.3 is 5.97 Å². The average Bonchev–Trinajstić information content (AvgIpc) is 3.28. The zero-order valence-electron chi connectivity index (χ0n) is 16.0. The van der Waals surface area contributed by atoms with Crippen molar-refractivity contribution in [3.63, 3.8) is 0 Å². The molecule has 0 saturated carbocycles. The Morgan fingerprint density at radius 3 is 3.03 bits per heavy atom. The summed E-state index contributed by atoms with van der Waals surface area (Å²) in [5.41, 5.74) is 2.71. The van der Waals surface area contributed by atoms with Gasteiger partial charge in [-0.2, -0.15) is 0 Å². The van der Waals surface area contributed by atoms with Gasteiger partial charge in [0.05, 0.1) is 11.9 Å². The molecule has 3 aromatic rings. The molecule has 150 valence electrons. The van der Waals surface area contributed by atoms with Crippen molar-refractivity contribution in [1.82, 2.24) is 24.8 Å². The highest BCUT2D eigenvalue weighted by Crippen LogP contribution is 2.29. The van der Waals surface area contributed by atoms with Gasteiger partial charge in [-0.15, -0.1) is 0 Å². The second kappa shape index (κ2) is 8.83. The number of hydrogen-bond acceptors (Lipinski definition) is 6. The molecule has 8 heteroatoms. The molecule has 1 atom stereocenters. The molecule has 0 unspecified atom stereocenters. The molecule has 0 amide bonds. The number of hydrogen-bond donors (Lipinski definition) is 2. The smallest absolute Gasteiger partial charge is 0.341 e. The van der Waals surface area contributed by atoms with E-state index in [-0.39, 0.29) is 6.61 Å². The average molecular weight is 393 g/mol. The second-order valence-electron chi connectivity index (χ2n) is 7.13. The van der Waals surface area contributed by atoms with Crippen LogP contribution in [-0.2, 0) is 11.3 Å². The van der Waals surface area contributed by atoms with Gasteiger partial charge in [0, 0.05) is 43.2 Å². The minimum absolute atomic E-state index is 0.290. The number of nitrogens with zero attached hydrogens (tertiary/aromatic N) is 4. The van der Waals surface area contributed by atoms with Crippen LogP contribution in [0.15, 0.2) is 49.1 Å². The lowest BCUT2D eigenvalue weighted by molar-refractivity contribution is -0.139. The summed E-state index contributed by atoms with van der Waals surface area (Å²) >= 11 is 0. The normalized spacial score (nSPS) is 17.2. The number of imidazole rings is 1. The Morgan fingerprint density at radius 1 is 1.31 bits per heavy atom. The number of carbonyl (C=O) groups is 1. The highest BCUT2D eigenvalue weighted by molar-refractivity contribution is 5.68. The fourth-order valence-corrected chi connectivity index (χ4v) is 3.69. The number of aromatic amines is 1. The van der Waals surface area contributed by atoms with Crippen LogP contribution in [0.2, 0.25) is 0 Å². The monoisotopic (exact) mass is 393 g/mol. The summed E-state index contributed by atoms with van der Waals surface area (Å²) in [5.74, 6) is 0.652. The quantitative estimate of drug-likeness (QED) is 0.636. The van der Waals surface area contributed by atoms with Crippen molar-refractivity contribution >= 4 is 5.97 Å². The van der Waals surface area contributed by atoms with Crippen LogP contribution in [0.4, 0.5) is 0 Å². The number of carboxylic acids is 1. The maximum Gasteiger partial charge on any atom is 0.341 e. The van der Waals surface area contributed by atoms with Gasteiger partial charge in [0.15, 0.2) is 12.4 Å². The molecule has 0 bridgehead atoms. The molecule has 0 aliphatic carbocycles. The highest BCUT2D eigenvalue weighted by Gasteiger charge is 2.24. The molecule has 1 aliphatic rings. The van der Waals surface area contributed by atoms with Crippen LogP contribution in [-0.4, -0.2) is 55.6 Å². The highest BCUT2D eigenvalue weighted by atomic mass is 16.5. The maximum atomic E-state index is 10.8. The van der Waals surface area contributed by atoms with E-state index in [1.807, 2.05) is 30.5 Å². The van der Waals surface area contributed by atoms with Crippen molar-refractivity contribution in [3.05, 3.63) is 60.3 Å². The Balaban J connectivity index is 1.46. The van der Waals surface area contributed by atoms with E-state index >= 15 is 0 Å². The van der Waals surface area contributed by atoms with Crippen molar-refractivity contribution in [1.29, 1.82) is 0 Å². The zero-order chi connectivity index (χ0) is 20.1. The lowest BCUT2D eigenvalue weighted by Gasteiger charge is -2.32. The van der Waals surface area contributed by atoms with E-state index in [0.29, 0.717) is 18.2 Å². The third kappa shape index (κ3) is 4.78. The molecule has 0 radical (unpaired) electrons. The predicted octanol–water partition coefficient (Wildman–Crippen LogP) is 2.71. The topological polar surface area (TPSA) is 104 Å². The molecule has 3 heterocycles. The molecular weight excluding hydrogens is 370 g/mol. The van der Waals surface area contributed by atoms with Crippen molar-refractivity contribution in [2.24, 2.45) is 0 Å².